The fourth-order valence-electron chi connectivity index (χ4n) is 4.56. The van der Waals surface area contributed by atoms with Crippen LogP contribution in [0.3, 0.4) is 0 Å². The normalized spacial score (nSPS) is 17.9. The van der Waals surface area contributed by atoms with Crippen LogP contribution in [0, 0.1) is 0 Å². The second-order valence-electron chi connectivity index (χ2n) is 8.33. The summed E-state index contributed by atoms with van der Waals surface area (Å²) in [7, 11) is 0. The first-order chi connectivity index (χ1) is 15.2. The van der Waals surface area contributed by atoms with Gasteiger partial charge in [-0.15, -0.1) is 0 Å². The molecule has 2 N–H and O–H groups in total. The largest absolute Gasteiger partial charge is 0.490 e. The van der Waals surface area contributed by atoms with E-state index in [9.17, 15) is 4.79 Å². The molecule has 1 saturated heterocycles. The zero-order valence-corrected chi connectivity index (χ0v) is 18.7. The van der Waals surface area contributed by atoms with Crippen LogP contribution in [0.2, 0.25) is 0 Å². The highest BCUT2D eigenvalue weighted by Gasteiger charge is 2.24. The highest BCUT2D eigenvalue weighted by molar-refractivity contribution is 5.91. The first-order valence-electron chi connectivity index (χ1n) is 11.6. The Morgan fingerprint density at radius 3 is 2.29 bits per heavy atom. The number of rotatable bonds is 8. The average molecular weight is 425 g/mol. The molecule has 6 heteroatoms. The molecule has 2 aliphatic heterocycles. The molecule has 2 aromatic carbocycles. The summed E-state index contributed by atoms with van der Waals surface area (Å²) < 4.78 is 11.5. The van der Waals surface area contributed by atoms with Gasteiger partial charge in [0.1, 0.15) is 6.54 Å². The monoisotopic (exact) mass is 424 g/mol. The van der Waals surface area contributed by atoms with E-state index in [2.05, 4.69) is 34.5 Å². The van der Waals surface area contributed by atoms with E-state index in [0.29, 0.717) is 19.8 Å². The van der Waals surface area contributed by atoms with Crippen LogP contribution in [-0.2, 0) is 17.8 Å². The lowest BCUT2D eigenvalue weighted by Gasteiger charge is -2.26. The predicted octanol–water partition coefficient (Wildman–Crippen LogP) is 2.66. The van der Waals surface area contributed by atoms with E-state index >= 15 is 0 Å². The molecule has 166 valence electrons. The minimum atomic E-state index is 0.0586. The van der Waals surface area contributed by atoms with E-state index in [1.807, 2.05) is 26.0 Å². The highest BCUT2D eigenvalue weighted by atomic mass is 16.5. The number of hydrogen-bond acceptors (Lipinski definition) is 4. The standard InChI is InChI=1S/C25H33N3O3/c1-3-30-23-15-19-11-14-27(17-20(19)16-24(23)31-4-2)18-25(29)26-21-7-9-22(10-8-21)28-12-5-6-13-28/h7-10,15-16H,3-6,11-14,17-18H2,1-2H3,(H,26,29)/p+1. The number of amides is 1. The summed E-state index contributed by atoms with van der Waals surface area (Å²) >= 11 is 0. The van der Waals surface area contributed by atoms with Crippen LogP contribution in [0.15, 0.2) is 36.4 Å². The second-order valence-corrected chi connectivity index (χ2v) is 8.33. The topological polar surface area (TPSA) is 55.2 Å². The Balaban J connectivity index is 1.35. The first-order valence-corrected chi connectivity index (χ1v) is 11.6. The van der Waals surface area contributed by atoms with Gasteiger partial charge in [-0.05, 0) is 68.7 Å². The van der Waals surface area contributed by atoms with Gasteiger partial charge in [0.15, 0.2) is 18.0 Å². The van der Waals surface area contributed by atoms with Gasteiger partial charge in [-0.25, -0.2) is 0 Å². The summed E-state index contributed by atoms with van der Waals surface area (Å²) in [5.74, 6) is 1.68. The summed E-state index contributed by atoms with van der Waals surface area (Å²) in [6.45, 7) is 9.67. The van der Waals surface area contributed by atoms with Gasteiger partial charge in [0.2, 0.25) is 0 Å². The van der Waals surface area contributed by atoms with Crippen molar-refractivity contribution in [2.45, 2.75) is 39.7 Å². The van der Waals surface area contributed by atoms with E-state index in [4.69, 9.17) is 9.47 Å². The van der Waals surface area contributed by atoms with Gasteiger partial charge in [-0.2, -0.15) is 0 Å². The maximum atomic E-state index is 12.7. The summed E-state index contributed by atoms with van der Waals surface area (Å²) in [6.07, 6.45) is 3.47. The highest BCUT2D eigenvalue weighted by Crippen LogP contribution is 2.32. The number of hydrogen-bond donors (Lipinski definition) is 2. The minimum absolute atomic E-state index is 0.0586. The van der Waals surface area contributed by atoms with Crippen molar-refractivity contribution < 1.29 is 19.2 Å². The van der Waals surface area contributed by atoms with Gasteiger partial charge >= 0.3 is 0 Å². The van der Waals surface area contributed by atoms with Crippen LogP contribution in [0.25, 0.3) is 0 Å². The number of nitrogens with one attached hydrogen (secondary N) is 2. The van der Waals surface area contributed by atoms with E-state index in [0.717, 1.165) is 49.8 Å². The Labute approximate surface area is 185 Å². The van der Waals surface area contributed by atoms with E-state index in [1.54, 1.807) is 0 Å². The summed E-state index contributed by atoms with van der Waals surface area (Å²) in [6, 6.07) is 12.4. The minimum Gasteiger partial charge on any atom is -0.490 e. The maximum Gasteiger partial charge on any atom is 0.279 e. The molecule has 1 unspecified atom stereocenters. The molecule has 0 bridgehead atoms. The Morgan fingerprint density at radius 1 is 1.00 bits per heavy atom. The molecule has 2 heterocycles. The molecule has 2 aromatic rings. The number of carbonyl (C=O) groups is 1. The predicted molar refractivity (Wildman–Crippen MR) is 123 cm³/mol. The third-order valence-corrected chi connectivity index (χ3v) is 6.09. The van der Waals surface area contributed by atoms with Crippen molar-refractivity contribution in [3.63, 3.8) is 0 Å². The molecular weight excluding hydrogens is 390 g/mol. The Hall–Kier alpha value is -2.73. The van der Waals surface area contributed by atoms with E-state index in [1.165, 1.54) is 34.6 Å². The third-order valence-electron chi connectivity index (χ3n) is 6.09. The summed E-state index contributed by atoms with van der Waals surface area (Å²) in [5.41, 5.74) is 4.65. The zero-order valence-electron chi connectivity index (χ0n) is 18.7. The lowest BCUT2D eigenvalue weighted by Crippen LogP contribution is -3.12. The Bertz CT molecular complexity index is 892. The zero-order chi connectivity index (χ0) is 21.6. The molecule has 1 atom stereocenters. The molecule has 0 aromatic heterocycles. The molecule has 1 amide bonds. The van der Waals surface area contributed by atoms with Crippen LogP contribution >= 0.6 is 0 Å². The first kappa shape index (κ1) is 21.5. The van der Waals surface area contributed by atoms with Crippen LogP contribution in [0.4, 0.5) is 11.4 Å². The van der Waals surface area contributed by atoms with Gasteiger partial charge in [-0.3, -0.25) is 4.79 Å². The fraction of sp³-hybridized carbons (Fsp3) is 0.480. The lowest BCUT2D eigenvalue weighted by molar-refractivity contribution is -0.907. The third kappa shape index (κ3) is 5.31. The smallest absolute Gasteiger partial charge is 0.279 e. The van der Waals surface area contributed by atoms with E-state index < -0.39 is 0 Å². The van der Waals surface area contributed by atoms with Crippen molar-refractivity contribution in [2.24, 2.45) is 0 Å². The number of quaternary nitrogens is 1. The van der Waals surface area contributed by atoms with E-state index in [-0.39, 0.29) is 5.91 Å². The van der Waals surface area contributed by atoms with Crippen molar-refractivity contribution in [1.29, 1.82) is 0 Å². The molecule has 0 saturated carbocycles. The molecule has 4 rings (SSSR count). The molecule has 0 radical (unpaired) electrons. The average Bonchev–Trinajstić information content (AvgIpc) is 3.30. The Kier molecular flexibility index (Phi) is 6.97. The van der Waals surface area contributed by atoms with Gasteiger partial charge in [0.05, 0.1) is 19.8 Å². The van der Waals surface area contributed by atoms with Crippen LogP contribution in [0.5, 0.6) is 11.5 Å². The second kappa shape index (κ2) is 10.1. The lowest BCUT2D eigenvalue weighted by atomic mass is 9.98. The number of fused-ring (bicyclic) bond motifs is 1. The molecule has 31 heavy (non-hydrogen) atoms. The fourth-order valence-corrected chi connectivity index (χ4v) is 4.56. The molecular formula is C25H34N3O3+. The SMILES string of the molecule is CCOc1cc2c(cc1OCC)C[NH+](CC(=O)Nc1ccc(N3CCCC3)cc1)CC2. The molecule has 6 nitrogen and oxygen atoms in total. The number of carbonyl (C=O) groups excluding carboxylic acids is 1. The number of nitrogens with zero attached hydrogens (tertiary/aromatic N) is 1. The van der Waals surface area contributed by atoms with Crippen molar-refractivity contribution >= 4 is 17.3 Å². The molecule has 1 fully saturated rings. The van der Waals surface area contributed by atoms with Crippen molar-refractivity contribution in [2.75, 3.05) is 49.6 Å². The van der Waals surface area contributed by atoms with Crippen molar-refractivity contribution in [3.05, 3.63) is 47.5 Å². The van der Waals surface area contributed by atoms with Gasteiger partial charge < -0.3 is 24.6 Å². The van der Waals surface area contributed by atoms with Crippen molar-refractivity contribution in [1.82, 2.24) is 0 Å². The van der Waals surface area contributed by atoms with Crippen LogP contribution in [0.1, 0.15) is 37.8 Å². The van der Waals surface area contributed by atoms with Gasteiger partial charge in [0, 0.05) is 36.4 Å². The number of ether oxygens (including phenoxy) is 2. The van der Waals surface area contributed by atoms with Crippen molar-refractivity contribution in [3.8, 4) is 11.5 Å². The molecule has 0 aliphatic carbocycles. The Morgan fingerprint density at radius 2 is 1.65 bits per heavy atom. The van der Waals surface area contributed by atoms with Crippen LogP contribution in [-0.4, -0.2) is 45.3 Å². The number of benzene rings is 2. The molecule has 0 spiro atoms. The quantitative estimate of drug-likeness (QED) is 0.684. The van der Waals surface area contributed by atoms with Crippen LogP contribution < -0.4 is 24.6 Å². The van der Waals surface area contributed by atoms with Gasteiger partial charge in [-0.1, -0.05) is 0 Å². The maximum absolute atomic E-state index is 12.7. The van der Waals surface area contributed by atoms with Gasteiger partial charge in [0.25, 0.3) is 5.91 Å². The summed E-state index contributed by atoms with van der Waals surface area (Å²) in [4.78, 5) is 16.3. The summed E-state index contributed by atoms with van der Waals surface area (Å²) in [5, 5.41) is 3.07. The molecule has 2 aliphatic rings. The number of anilines is 2.